The highest BCUT2D eigenvalue weighted by Crippen LogP contribution is 2.08. The van der Waals surface area contributed by atoms with Crippen molar-refractivity contribution in [1.29, 1.82) is 0 Å². The molecule has 0 aromatic rings. The van der Waals surface area contributed by atoms with Crippen molar-refractivity contribution >= 4 is 21.9 Å². The van der Waals surface area contributed by atoms with E-state index in [4.69, 9.17) is 5.11 Å². The monoisotopic (exact) mass is 280 g/mol. The van der Waals surface area contributed by atoms with Gasteiger partial charge in [0, 0.05) is 11.8 Å². The summed E-state index contributed by atoms with van der Waals surface area (Å²) in [5, 5.41) is 9.48. The number of carboxylic acids is 1. The largest absolute Gasteiger partial charge is 0.481 e. The quantitative estimate of drug-likeness (QED) is 0.495. The van der Waals surface area contributed by atoms with Crippen LogP contribution in [0.2, 0.25) is 0 Å². The Hall–Kier alpha value is -0.0500. The fourth-order valence-corrected chi connectivity index (χ4v) is 1.65. The van der Waals surface area contributed by atoms with E-state index in [0.717, 1.165) is 18.2 Å². The third-order valence-corrected chi connectivity index (χ3v) is 2.59. The van der Waals surface area contributed by atoms with E-state index in [1.54, 1.807) is 0 Å². The number of aliphatic carboxylic acids is 1. The van der Waals surface area contributed by atoms with Crippen molar-refractivity contribution < 1.29 is 9.90 Å². The van der Waals surface area contributed by atoms with Gasteiger partial charge in [0.05, 0.1) is 0 Å². The van der Waals surface area contributed by atoms with Crippen LogP contribution in [-0.4, -0.2) is 16.4 Å². The highest BCUT2D eigenvalue weighted by Gasteiger charge is 1.96. The van der Waals surface area contributed by atoms with Crippen molar-refractivity contribution in [3.63, 3.8) is 0 Å². The van der Waals surface area contributed by atoms with Gasteiger partial charge in [-0.15, -0.1) is 0 Å². The maximum absolute atomic E-state index is 10.2. The zero-order chi connectivity index (χ0) is 11.9. The van der Waals surface area contributed by atoms with Gasteiger partial charge in [0.2, 0.25) is 0 Å². The average molecular weight is 281 g/mol. The third kappa shape index (κ3) is 20.1. The molecule has 0 saturated heterocycles. The maximum Gasteiger partial charge on any atom is 0.303 e. The molecule has 92 valence electrons. The van der Waals surface area contributed by atoms with Gasteiger partial charge in [-0.25, -0.2) is 0 Å². The third-order valence-electron chi connectivity index (χ3n) is 2.02. The SMILES string of the molecule is CC.O=C(O)CCCCCCCCCBr. The summed E-state index contributed by atoms with van der Waals surface area (Å²) in [6.45, 7) is 4.00. The second kappa shape index (κ2) is 16.4. The molecule has 0 atom stereocenters. The minimum atomic E-state index is -0.667. The Kier molecular flexibility index (Phi) is 18.9. The molecule has 0 unspecified atom stereocenters. The molecular weight excluding hydrogens is 256 g/mol. The van der Waals surface area contributed by atoms with Crippen molar-refractivity contribution in [2.45, 2.75) is 65.2 Å². The van der Waals surface area contributed by atoms with Gasteiger partial charge in [-0.05, 0) is 12.8 Å². The number of hydrogen-bond acceptors (Lipinski definition) is 1. The van der Waals surface area contributed by atoms with Crippen molar-refractivity contribution in [1.82, 2.24) is 0 Å². The zero-order valence-corrected chi connectivity index (χ0v) is 11.7. The molecule has 1 N–H and O–H groups in total. The van der Waals surface area contributed by atoms with Crippen molar-refractivity contribution in [3.05, 3.63) is 0 Å². The summed E-state index contributed by atoms with van der Waals surface area (Å²) in [4.78, 5) is 10.2. The summed E-state index contributed by atoms with van der Waals surface area (Å²) in [6.07, 6.45) is 8.54. The van der Waals surface area contributed by atoms with E-state index in [0.29, 0.717) is 6.42 Å². The molecule has 0 aliphatic carbocycles. The van der Waals surface area contributed by atoms with E-state index in [-0.39, 0.29) is 0 Å². The Balaban J connectivity index is 0. The molecule has 0 saturated carbocycles. The van der Waals surface area contributed by atoms with Gasteiger partial charge in [-0.1, -0.05) is 61.9 Å². The Bertz CT molecular complexity index is 127. The maximum atomic E-state index is 10.2. The number of rotatable bonds is 9. The van der Waals surface area contributed by atoms with Gasteiger partial charge in [-0.3, -0.25) is 4.79 Å². The predicted molar refractivity (Wildman–Crippen MR) is 69.7 cm³/mol. The van der Waals surface area contributed by atoms with Crippen LogP contribution in [-0.2, 0) is 4.79 Å². The van der Waals surface area contributed by atoms with E-state index in [1.807, 2.05) is 13.8 Å². The number of halogens is 1. The molecule has 2 nitrogen and oxygen atoms in total. The van der Waals surface area contributed by atoms with Crippen LogP contribution in [0.3, 0.4) is 0 Å². The van der Waals surface area contributed by atoms with Gasteiger partial charge in [0.1, 0.15) is 0 Å². The normalized spacial score (nSPS) is 9.27. The van der Waals surface area contributed by atoms with E-state index >= 15 is 0 Å². The Labute approximate surface area is 103 Å². The lowest BCUT2D eigenvalue weighted by molar-refractivity contribution is -0.137. The first kappa shape index (κ1) is 17.3. The van der Waals surface area contributed by atoms with Crippen LogP contribution in [0.25, 0.3) is 0 Å². The average Bonchev–Trinajstić information content (AvgIpc) is 2.24. The Morgan fingerprint density at radius 2 is 1.33 bits per heavy atom. The smallest absolute Gasteiger partial charge is 0.303 e. The highest BCUT2D eigenvalue weighted by molar-refractivity contribution is 9.09. The summed E-state index contributed by atoms with van der Waals surface area (Å²) in [6, 6.07) is 0. The van der Waals surface area contributed by atoms with Gasteiger partial charge in [0.25, 0.3) is 0 Å². The van der Waals surface area contributed by atoms with Crippen LogP contribution in [0.5, 0.6) is 0 Å². The number of hydrogen-bond donors (Lipinski definition) is 1. The molecule has 0 aromatic heterocycles. The standard InChI is InChI=1S/C10H19BrO2.C2H6/c11-9-7-5-3-1-2-4-6-8-10(12)13;1-2/h1-9H2,(H,12,13);1-2H3. The molecule has 3 heteroatoms. The Morgan fingerprint density at radius 1 is 0.933 bits per heavy atom. The highest BCUT2D eigenvalue weighted by atomic mass is 79.9. The summed E-state index contributed by atoms with van der Waals surface area (Å²) in [7, 11) is 0. The molecule has 0 rings (SSSR count). The molecule has 0 radical (unpaired) electrons. The minimum absolute atomic E-state index is 0.335. The molecular formula is C12H25BrO2. The van der Waals surface area contributed by atoms with Crippen LogP contribution in [0, 0.1) is 0 Å². The fourth-order valence-electron chi connectivity index (χ4n) is 1.25. The van der Waals surface area contributed by atoms with Gasteiger partial charge >= 0.3 is 5.97 Å². The van der Waals surface area contributed by atoms with Crippen LogP contribution >= 0.6 is 15.9 Å². The molecule has 0 aliphatic rings. The number of alkyl halides is 1. The van der Waals surface area contributed by atoms with E-state index in [9.17, 15) is 4.79 Å². The van der Waals surface area contributed by atoms with Crippen LogP contribution in [0.4, 0.5) is 0 Å². The van der Waals surface area contributed by atoms with Crippen LogP contribution in [0.15, 0.2) is 0 Å². The number of unbranched alkanes of at least 4 members (excludes halogenated alkanes) is 6. The van der Waals surface area contributed by atoms with Gasteiger partial charge < -0.3 is 5.11 Å². The first-order valence-corrected chi connectivity index (χ1v) is 7.17. The van der Waals surface area contributed by atoms with Crippen molar-refractivity contribution in [2.75, 3.05) is 5.33 Å². The molecule has 0 aromatic carbocycles. The summed E-state index contributed by atoms with van der Waals surface area (Å²) >= 11 is 3.39. The number of carbonyl (C=O) groups is 1. The van der Waals surface area contributed by atoms with E-state index < -0.39 is 5.97 Å². The molecule has 0 bridgehead atoms. The first-order valence-electron chi connectivity index (χ1n) is 6.05. The zero-order valence-electron chi connectivity index (χ0n) is 10.1. The summed E-state index contributed by atoms with van der Waals surface area (Å²) < 4.78 is 0. The van der Waals surface area contributed by atoms with E-state index in [2.05, 4.69) is 15.9 Å². The molecule has 0 spiro atoms. The lowest BCUT2D eigenvalue weighted by atomic mass is 10.1. The second-order valence-corrected chi connectivity index (χ2v) is 4.10. The number of carboxylic acid groups (broad SMARTS) is 1. The first-order chi connectivity index (χ1) is 7.27. The van der Waals surface area contributed by atoms with Gasteiger partial charge in [0.15, 0.2) is 0 Å². The summed E-state index contributed by atoms with van der Waals surface area (Å²) in [5.74, 6) is -0.667. The molecule has 0 amide bonds. The molecule has 0 fully saturated rings. The molecule has 15 heavy (non-hydrogen) atoms. The topological polar surface area (TPSA) is 37.3 Å². The molecule has 0 heterocycles. The van der Waals surface area contributed by atoms with Crippen LogP contribution < -0.4 is 0 Å². The molecule has 0 aliphatic heterocycles. The van der Waals surface area contributed by atoms with Crippen molar-refractivity contribution in [3.8, 4) is 0 Å². The Morgan fingerprint density at radius 3 is 1.73 bits per heavy atom. The van der Waals surface area contributed by atoms with Crippen molar-refractivity contribution in [2.24, 2.45) is 0 Å². The predicted octanol–water partition coefficient (Wildman–Crippen LogP) is 4.61. The fraction of sp³-hybridized carbons (Fsp3) is 0.917. The lowest BCUT2D eigenvalue weighted by Gasteiger charge is -1.99. The van der Waals surface area contributed by atoms with Gasteiger partial charge in [-0.2, -0.15) is 0 Å². The lowest BCUT2D eigenvalue weighted by Crippen LogP contribution is -1.93. The van der Waals surface area contributed by atoms with E-state index in [1.165, 1.54) is 32.1 Å². The van der Waals surface area contributed by atoms with Crippen LogP contribution in [0.1, 0.15) is 65.2 Å². The minimum Gasteiger partial charge on any atom is -0.481 e. The summed E-state index contributed by atoms with van der Waals surface area (Å²) in [5.41, 5.74) is 0. The second-order valence-electron chi connectivity index (χ2n) is 3.31.